The molecule has 0 spiro atoms. The fourth-order valence-electron chi connectivity index (χ4n) is 2.96. The number of nitrogens with zero attached hydrogens (tertiary/aromatic N) is 1. The van der Waals surface area contributed by atoms with Gasteiger partial charge in [0.1, 0.15) is 0 Å². The van der Waals surface area contributed by atoms with Crippen molar-refractivity contribution in [2.24, 2.45) is 11.8 Å². The Bertz CT molecular complexity index is 234. The molecule has 1 aliphatic carbocycles. The number of nitrogens with one attached hydrogen (secondary N) is 1. The minimum absolute atomic E-state index is 0. The largest absolute Gasteiger partial charge is 0.340 e. The van der Waals surface area contributed by atoms with Gasteiger partial charge < -0.3 is 10.2 Å². The Hall–Kier alpha value is -0.280. The number of hydrogen-bond donors (Lipinski definition) is 1. The smallest absolute Gasteiger partial charge is 0.225 e. The van der Waals surface area contributed by atoms with E-state index < -0.39 is 0 Å². The summed E-state index contributed by atoms with van der Waals surface area (Å²) < 4.78 is 0. The third kappa shape index (κ3) is 3.85. The quantitative estimate of drug-likeness (QED) is 0.824. The number of carbonyl (C=O) groups excluding carboxylic acids is 1. The molecule has 1 N–H and O–H groups in total. The highest BCUT2D eigenvalue weighted by molar-refractivity contribution is 5.85. The van der Waals surface area contributed by atoms with Crippen LogP contribution in [0.4, 0.5) is 0 Å². The van der Waals surface area contributed by atoms with Gasteiger partial charge in [-0.2, -0.15) is 0 Å². The zero-order chi connectivity index (χ0) is 11.4. The second kappa shape index (κ2) is 7.22. The van der Waals surface area contributed by atoms with Crippen molar-refractivity contribution in [3.05, 3.63) is 0 Å². The Labute approximate surface area is 111 Å². The Kier molecular flexibility index (Phi) is 6.28. The predicted molar refractivity (Wildman–Crippen MR) is 72.4 cm³/mol. The normalized spacial score (nSPS) is 29.6. The summed E-state index contributed by atoms with van der Waals surface area (Å²) in [5.41, 5.74) is 0. The van der Waals surface area contributed by atoms with Crippen molar-refractivity contribution in [1.29, 1.82) is 0 Å². The van der Waals surface area contributed by atoms with Crippen LogP contribution in [0.1, 0.15) is 39.0 Å². The molecular formula is C13H25ClN2O. The van der Waals surface area contributed by atoms with Gasteiger partial charge in [-0.1, -0.05) is 13.3 Å². The number of piperazine rings is 1. The lowest BCUT2D eigenvalue weighted by molar-refractivity contribution is -0.137. The van der Waals surface area contributed by atoms with Crippen molar-refractivity contribution in [1.82, 2.24) is 10.2 Å². The number of amides is 1. The van der Waals surface area contributed by atoms with Crippen LogP contribution in [0.15, 0.2) is 0 Å². The van der Waals surface area contributed by atoms with E-state index in [1.807, 2.05) is 0 Å². The van der Waals surface area contributed by atoms with E-state index in [1.54, 1.807) is 0 Å². The topological polar surface area (TPSA) is 32.3 Å². The zero-order valence-electron chi connectivity index (χ0n) is 10.8. The van der Waals surface area contributed by atoms with Gasteiger partial charge in [-0.05, 0) is 31.6 Å². The van der Waals surface area contributed by atoms with E-state index in [1.165, 1.54) is 19.3 Å². The number of halogens is 1. The summed E-state index contributed by atoms with van der Waals surface area (Å²) in [4.78, 5) is 14.3. The van der Waals surface area contributed by atoms with Crippen LogP contribution in [0.5, 0.6) is 0 Å². The summed E-state index contributed by atoms with van der Waals surface area (Å²) in [5, 5.41) is 3.29. The first-order chi connectivity index (χ1) is 7.81. The molecule has 0 aromatic heterocycles. The van der Waals surface area contributed by atoms with Gasteiger partial charge in [-0.15, -0.1) is 12.4 Å². The molecule has 1 saturated carbocycles. The lowest BCUT2D eigenvalue weighted by Crippen LogP contribution is -2.48. The molecule has 17 heavy (non-hydrogen) atoms. The van der Waals surface area contributed by atoms with Crippen molar-refractivity contribution in [2.45, 2.75) is 39.0 Å². The third-order valence-corrected chi connectivity index (χ3v) is 4.20. The van der Waals surface area contributed by atoms with E-state index in [4.69, 9.17) is 0 Å². The van der Waals surface area contributed by atoms with Gasteiger partial charge in [0, 0.05) is 32.1 Å². The molecule has 1 saturated heterocycles. The Balaban J connectivity index is 0.00000144. The van der Waals surface area contributed by atoms with Crippen molar-refractivity contribution in [3.8, 4) is 0 Å². The van der Waals surface area contributed by atoms with Crippen molar-refractivity contribution >= 4 is 18.3 Å². The van der Waals surface area contributed by atoms with E-state index in [0.717, 1.165) is 44.9 Å². The van der Waals surface area contributed by atoms with E-state index in [0.29, 0.717) is 11.8 Å². The van der Waals surface area contributed by atoms with E-state index in [9.17, 15) is 4.79 Å². The molecule has 4 heteroatoms. The number of carbonyl (C=O) groups is 1. The average molecular weight is 261 g/mol. The third-order valence-electron chi connectivity index (χ3n) is 4.20. The van der Waals surface area contributed by atoms with Crippen LogP contribution in [0.3, 0.4) is 0 Å². The average Bonchev–Trinajstić information content (AvgIpc) is 2.39. The molecule has 0 bridgehead atoms. The minimum atomic E-state index is 0. The summed E-state index contributed by atoms with van der Waals surface area (Å²) in [5.74, 6) is 1.64. The van der Waals surface area contributed by atoms with E-state index >= 15 is 0 Å². The molecular weight excluding hydrogens is 236 g/mol. The van der Waals surface area contributed by atoms with Crippen LogP contribution < -0.4 is 5.32 Å². The molecule has 3 nitrogen and oxygen atoms in total. The van der Waals surface area contributed by atoms with Gasteiger partial charge in [-0.25, -0.2) is 0 Å². The summed E-state index contributed by atoms with van der Waals surface area (Å²) in [6, 6.07) is 0. The van der Waals surface area contributed by atoms with Gasteiger partial charge in [0.15, 0.2) is 0 Å². The molecule has 2 aliphatic rings. The molecule has 100 valence electrons. The van der Waals surface area contributed by atoms with Crippen LogP contribution in [-0.2, 0) is 4.79 Å². The van der Waals surface area contributed by atoms with Crippen molar-refractivity contribution in [2.75, 3.05) is 26.2 Å². The Morgan fingerprint density at radius 1 is 1.18 bits per heavy atom. The summed E-state index contributed by atoms with van der Waals surface area (Å²) >= 11 is 0. The highest BCUT2D eigenvalue weighted by Crippen LogP contribution is 2.31. The second-order valence-electron chi connectivity index (χ2n) is 5.20. The van der Waals surface area contributed by atoms with Crippen LogP contribution in [0, 0.1) is 11.8 Å². The minimum Gasteiger partial charge on any atom is -0.340 e. The van der Waals surface area contributed by atoms with Crippen LogP contribution in [-0.4, -0.2) is 37.0 Å². The van der Waals surface area contributed by atoms with E-state index in [-0.39, 0.29) is 12.4 Å². The highest BCUT2D eigenvalue weighted by atomic mass is 35.5. The standard InChI is InChI=1S/C13H24N2O.ClH/c1-2-11-3-5-12(6-4-11)13(16)15-9-7-14-8-10-15;/h11-12,14H,2-10H2,1H3;1H. The first-order valence-corrected chi connectivity index (χ1v) is 6.80. The predicted octanol–water partition coefficient (Wildman–Crippen LogP) is 2.06. The number of hydrogen-bond acceptors (Lipinski definition) is 2. The van der Waals surface area contributed by atoms with Gasteiger partial charge in [0.2, 0.25) is 5.91 Å². The molecule has 1 heterocycles. The molecule has 0 radical (unpaired) electrons. The fourth-order valence-corrected chi connectivity index (χ4v) is 2.96. The first-order valence-electron chi connectivity index (χ1n) is 6.80. The Morgan fingerprint density at radius 3 is 2.29 bits per heavy atom. The molecule has 0 unspecified atom stereocenters. The van der Waals surface area contributed by atoms with E-state index in [2.05, 4.69) is 17.1 Å². The summed E-state index contributed by atoms with van der Waals surface area (Å²) in [7, 11) is 0. The highest BCUT2D eigenvalue weighted by Gasteiger charge is 2.29. The SMILES string of the molecule is CCC1CCC(C(=O)N2CCNCC2)CC1.Cl. The molecule has 0 atom stereocenters. The monoisotopic (exact) mass is 260 g/mol. The van der Waals surface area contributed by atoms with Gasteiger partial charge in [0.25, 0.3) is 0 Å². The van der Waals surface area contributed by atoms with Gasteiger partial charge >= 0.3 is 0 Å². The molecule has 2 rings (SSSR count). The van der Waals surface area contributed by atoms with Gasteiger partial charge in [0.05, 0.1) is 0 Å². The first kappa shape index (κ1) is 14.8. The zero-order valence-corrected chi connectivity index (χ0v) is 11.6. The van der Waals surface area contributed by atoms with Crippen molar-refractivity contribution in [3.63, 3.8) is 0 Å². The molecule has 2 fully saturated rings. The number of rotatable bonds is 2. The Morgan fingerprint density at radius 2 is 1.76 bits per heavy atom. The molecule has 0 aromatic carbocycles. The summed E-state index contributed by atoms with van der Waals surface area (Å²) in [6.07, 6.45) is 6.06. The van der Waals surface area contributed by atoms with Crippen molar-refractivity contribution < 1.29 is 4.79 Å². The lowest BCUT2D eigenvalue weighted by Gasteiger charge is -2.34. The van der Waals surface area contributed by atoms with Crippen LogP contribution in [0.25, 0.3) is 0 Å². The van der Waals surface area contributed by atoms with Crippen LogP contribution in [0.2, 0.25) is 0 Å². The lowest BCUT2D eigenvalue weighted by atomic mass is 9.80. The molecule has 0 aromatic rings. The maximum atomic E-state index is 12.2. The molecule has 1 amide bonds. The second-order valence-corrected chi connectivity index (χ2v) is 5.20. The maximum absolute atomic E-state index is 12.2. The fraction of sp³-hybridized carbons (Fsp3) is 0.923. The maximum Gasteiger partial charge on any atom is 0.225 e. The van der Waals surface area contributed by atoms with Gasteiger partial charge in [-0.3, -0.25) is 4.79 Å². The van der Waals surface area contributed by atoms with Crippen LogP contribution >= 0.6 is 12.4 Å². The molecule has 1 aliphatic heterocycles. The summed E-state index contributed by atoms with van der Waals surface area (Å²) in [6.45, 7) is 6.02.